The summed E-state index contributed by atoms with van der Waals surface area (Å²) >= 11 is 2.78. The Morgan fingerprint density at radius 2 is 1.92 bits per heavy atom. The van der Waals surface area contributed by atoms with E-state index in [2.05, 4.69) is 9.69 Å². The Kier molecular flexibility index (Phi) is 5.51. The van der Waals surface area contributed by atoms with Crippen molar-refractivity contribution in [3.63, 3.8) is 0 Å². The van der Waals surface area contributed by atoms with Gasteiger partial charge in [-0.05, 0) is 35.8 Å². The second-order valence-corrected chi connectivity index (χ2v) is 6.81. The molecule has 6 heteroatoms. The van der Waals surface area contributed by atoms with E-state index in [9.17, 15) is 4.79 Å². The van der Waals surface area contributed by atoms with Crippen LogP contribution in [0.4, 0.5) is 5.00 Å². The summed E-state index contributed by atoms with van der Waals surface area (Å²) in [5.74, 6) is 1.12. The maximum atomic E-state index is 12.1. The summed E-state index contributed by atoms with van der Waals surface area (Å²) in [5.41, 5.74) is 1.92. The Balaban J connectivity index is 1.54. The van der Waals surface area contributed by atoms with Crippen molar-refractivity contribution in [1.29, 1.82) is 0 Å². The smallest absolute Gasteiger partial charge is 0.235 e. The van der Waals surface area contributed by atoms with Crippen molar-refractivity contribution in [2.45, 2.75) is 4.90 Å². The Hall–Kier alpha value is -2.31. The summed E-state index contributed by atoms with van der Waals surface area (Å²) in [4.78, 5) is 13.1. The quantitative estimate of drug-likeness (QED) is 0.658. The molecule has 0 saturated carbocycles. The Labute approximate surface area is 149 Å². The van der Waals surface area contributed by atoms with Gasteiger partial charge in [0.15, 0.2) is 0 Å². The van der Waals surface area contributed by atoms with Crippen LogP contribution < -0.4 is 10.1 Å². The van der Waals surface area contributed by atoms with Crippen LogP contribution in [0.2, 0.25) is 0 Å². The van der Waals surface area contributed by atoms with Crippen LogP contribution in [0.25, 0.3) is 11.3 Å². The summed E-state index contributed by atoms with van der Waals surface area (Å²) < 4.78 is 9.50. The van der Waals surface area contributed by atoms with Gasteiger partial charge in [0.05, 0.1) is 18.6 Å². The lowest BCUT2D eigenvalue weighted by Crippen LogP contribution is -2.12. The van der Waals surface area contributed by atoms with Crippen molar-refractivity contribution in [2.24, 2.45) is 0 Å². The molecule has 2 aromatic carbocycles. The van der Waals surface area contributed by atoms with Gasteiger partial charge < -0.3 is 10.1 Å². The maximum absolute atomic E-state index is 12.1. The second kappa shape index (κ2) is 7.99. The number of nitrogens with one attached hydrogen (secondary N) is 1. The van der Waals surface area contributed by atoms with E-state index in [-0.39, 0.29) is 5.91 Å². The lowest BCUT2D eigenvalue weighted by Gasteiger charge is -2.04. The number of rotatable bonds is 6. The number of carbonyl (C=O) groups excluding carboxylic acids is 1. The van der Waals surface area contributed by atoms with E-state index in [0.29, 0.717) is 5.75 Å². The molecule has 4 nitrogen and oxygen atoms in total. The minimum absolute atomic E-state index is 0.0425. The van der Waals surface area contributed by atoms with Gasteiger partial charge in [0.25, 0.3) is 0 Å². The normalized spacial score (nSPS) is 10.4. The van der Waals surface area contributed by atoms with E-state index < -0.39 is 0 Å². The van der Waals surface area contributed by atoms with Gasteiger partial charge in [-0.2, -0.15) is 4.37 Å². The number of ether oxygens (including phenoxy) is 1. The van der Waals surface area contributed by atoms with Crippen LogP contribution in [0.1, 0.15) is 0 Å². The molecule has 1 heterocycles. The third-order valence-electron chi connectivity index (χ3n) is 3.27. The van der Waals surface area contributed by atoms with E-state index in [4.69, 9.17) is 4.74 Å². The lowest BCUT2D eigenvalue weighted by atomic mass is 10.2. The van der Waals surface area contributed by atoms with Crippen LogP contribution in [0.5, 0.6) is 5.75 Å². The second-order valence-electron chi connectivity index (χ2n) is 4.95. The average Bonchev–Trinajstić information content (AvgIpc) is 3.09. The third kappa shape index (κ3) is 4.37. The molecule has 1 amide bonds. The summed E-state index contributed by atoms with van der Waals surface area (Å²) in [7, 11) is 1.63. The van der Waals surface area contributed by atoms with Crippen LogP contribution >= 0.6 is 23.3 Å². The highest BCUT2D eigenvalue weighted by atomic mass is 32.2. The van der Waals surface area contributed by atoms with Crippen molar-refractivity contribution in [2.75, 3.05) is 18.2 Å². The van der Waals surface area contributed by atoms with Crippen LogP contribution in [0.15, 0.2) is 65.6 Å². The summed E-state index contributed by atoms with van der Waals surface area (Å²) in [6, 6.07) is 19.5. The molecular formula is C18H16N2O2S2. The van der Waals surface area contributed by atoms with E-state index in [0.717, 1.165) is 26.9 Å². The molecule has 3 aromatic rings. The van der Waals surface area contributed by atoms with Gasteiger partial charge in [0.1, 0.15) is 10.8 Å². The first-order chi connectivity index (χ1) is 11.7. The highest BCUT2D eigenvalue weighted by Gasteiger charge is 2.08. The molecule has 0 fully saturated rings. The molecule has 122 valence electrons. The number of anilines is 1. The molecule has 3 rings (SSSR count). The lowest BCUT2D eigenvalue weighted by molar-refractivity contribution is -0.113. The fourth-order valence-electron chi connectivity index (χ4n) is 2.07. The number of hydrogen-bond acceptors (Lipinski definition) is 5. The highest BCUT2D eigenvalue weighted by Crippen LogP contribution is 2.26. The Morgan fingerprint density at radius 3 is 2.62 bits per heavy atom. The van der Waals surface area contributed by atoms with Crippen LogP contribution in [0.3, 0.4) is 0 Å². The monoisotopic (exact) mass is 356 g/mol. The molecule has 0 atom stereocenters. The van der Waals surface area contributed by atoms with Gasteiger partial charge in [-0.1, -0.05) is 30.3 Å². The number of amides is 1. The van der Waals surface area contributed by atoms with E-state index in [1.165, 1.54) is 23.3 Å². The molecule has 0 aliphatic rings. The third-order valence-corrected chi connectivity index (χ3v) is 4.99. The van der Waals surface area contributed by atoms with Crippen molar-refractivity contribution in [3.8, 4) is 17.0 Å². The van der Waals surface area contributed by atoms with Gasteiger partial charge in [-0.3, -0.25) is 4.79 Å². The van der Waals surface area contributed by atoms with Gasteiger partial charge in [0, 0.05) is 16.5 Å². The fraction of sp³-hybridized carbons (Fsp3) is 0.111. The first kappa shape index (κ1) is 16.5. The predicted octanol–water partition coefficient (Wildman–Crippen LogP) is 4.55. The zero-order valence-corrected chi connectivity index (χ0v) is 14.7. The first-order valence-corrected chi connectivity index (χ1v) is 9.09. The van der Waals surface area contributed by atoms with Gasteiger partial charge in [0.2, 0.25) is 5.91 Å². The molecular weight excluding hydrogens is 340 g/mol. The van der Waals surface area contributed by atoms with Crippen molar-refractivity contribution in [1.82, 2.24) is 4.37 Å². The zero-order valence-electron chi connectivity index (χ0n) is 13.1. The van der Waals surface area contributed by atoms with Crippen LogP contribution in [-0.4, -0.2) is 23.1 Å². The molecule has 0 bridgehead atoms. The Bertz CT molecular complexity index is 801. The Morgan fingerprint density at radius 1 is 1.17 bits per heavy atom. The van der Waals surface area contributed by atoms with E-state index in [1.54, 1.807) is 7.11 Å². The standard InChI is InChI=1S/C18H16N2O2S2/c1-22-14-7-9-15(10-8-14)23-12-17(21)19-18-11-16(20-24-18)13-5-3-2-4-6-13/h2-11H,12H2,1H3,(H,19,21). The van der Waals surface area contributed by atoms with Gasteiger partial charge >= 0.3 is 0 Å². The molecule has 1 N–H and O–H groups in total. The van der Waals surface area contributed by atoms with Crippen molar-refractivity contribution < 1.29 is 9.53 Å². The molecule has 24 heavy (non-hydrogen) atoms. The van der Waals surface area contributed by atoms with Crippen molar-refractivity contribution in [3.05, 3.63) is 60.7 Å². The average molecular weight is 356 g/mol. The minimum Gasteiger partial charge on any atom is -0.497 e. The molecule has 0 aliphatic carbocycles. The fourth-order valence-corrected chi connectivity index (χ4v) is 3.45. The number of nitrogens with zero attached hydrogens (tertiary/aromatic N) is 1. The van der Waals surface area contributed by atoms with Crippen LogP contribution in [0, 0.1) is 0 Å². The molecule has 1 aromatic heterocycles. The molecule has 0 radical (unpaired) electrons. The van der Waals surface area contributed by atoms with E-state index >= 15 is 0 Å². The zero-order chi connectivity index (χ0) is 16.8. The summed E-state index contributed by atoms with van der Waals surface area (Å²) in [6.45, 7) is 0. The van der Waals surface area contributed by atoms with Gasteiger partial charge in [-0.25, -0.2) is 0 Å². The topological polar surface area (TPSA) is 51.2 Å². The van der Waals surface area contributed by atoms with Crippen molar-refractivity contribution >= 4 is 34.2 Å². The number of carbonyl (C=O) groups is 1. The minimum atomic E-state index is -0.0425. The summed E-state index contributed by atoms with van der Waals surface area (Å²) in [5, 5.41) is 3.65. The number of benzene rings is 2. The SMILES string of the molecule is COc1ccc(SCC(=O)Nc2cc(-c3ccccc3)ns2)cc1. The number of thioether (sulfide) groups is 1. The van der Waals surface area contributed by atoms with E-state index in [1.807, 2.05) is 60.7 Å². The van der Waals surface area contributed by atoms with Crippen LogP contribution in [-0.2, 0) is 4.79 Å². The molecule has 0 aliphatic heterocycles. The molecule has 0 unspecified atom stereocenters. The summed E-state index contributed by atoms with van der Waals surface area (Å²) in [6.07, 6.45) is 0. The first-order valence-electron chi connectivity index (χ1n) is 7.33. The predicted molar refractivity (Wildman–Crippen MR) is 99.9 cm³/mol. The number of aromatic nitrogens is 1. The maximum Gasteiger partial charge on any atom is 0.235 e. The van der Waals surface area contributed by atoms with Gasteiger partial charge in [-0.15, -0.1) is 11.8 Å². The number of methoxy groups -OCH3 is 1. The number of hydrogen-bond donors (Lipinski definition) is 1. The molecule has 0 spiro atoms. The highest BCUT2D eigenvalue weighted by molar-refractivity contribution is 8.00. The molecule has 0 saturated heterocycles. The largest absolute Gasteiger partial charge is 0.497 e.